The zero-order valence-electron chi connectivity index (χ0n) is 9.24. The maximum atomic E-state index is 5.71. The fourth-order valence-corrected chi connectivity index (χ4v) is 2.37. The number of nitrogens with zero attached hydrogens (tertiary/aromatic N) is 2. The third-order valence-electron chi connectivity index (χ3n) is 2.34. The molecule has 0 aliphatic rings. The van der Waals surface area contributed by atoms with E-state index in [0.29, 0.717) is 5.19 Å². The number of benzene rings is 1. The molecule has 0 spiro atoms. The molecule has 0 N–H and O–H groups in total. The highest BCUT2D eigenvalue weighted by atomic mass is 79.9. The van der Waals surface area contributed by atoms with E-state index in [-0.39, 0.29) is 0 Å². The zero-order chi connectivity index (χ0) is 11.7. The first-order valence-corrected chi connectivity index (χ1v) is 6.42. The summed E-state index contributed by atoms with van der Waals surface area (Å²) < 4.78 is 6.43. The maximum Gasteiger partial charge on any atom is 0.300 e. The van der Waals surface area contributed by atoms with Crippen molar-refractivity contribution in [3.63, 3.8) is 0 Å². The van der Waals surface area contributed by atoms with E-state index in [1.54, 1.807) is 0 Å². The summed E-state index contributed by atoms with van der Waals surface area (Å²) in [6.07, 6.45) is 0. The Morgan fingerprint density at radius 1 is 1.19 bits per heavy atom. The fourth-order valence-electron chi connectivity index (χ4n) is 1.44. The van der Waals surface area contributed by atoms with Gasteiger partial charge in [-0.2, -0.15) is 0 Å². The van der Waals surface area contributed by atoms with Crippen molar-refractivity contribution >= 4 is 27.3 Å². The van der Waals surface area contributed by atoms with Gasteiger partial charge in [-0.1, -0.05) is 11.2 Å². The Hall–Kier alpha value is -0.940. The Labute approximate surface area is 107 Å². The van der Waals surface area contributed by atoms with Crippen molar-refractivity contribution < 1.29 is 4.74 Å². The first kappa shape index (κ1) is 11.5. The van der Waals surface area contributed by atoms with E-state index in [1.165, 1.54) is 22.5 Å². The molecule has 0 aliphatic heterocycles. The van der Waals surface area contributed by atoms with Crippen LogP contribution in [0.5, 0.6) is 10.9 Å². The molecule has 2 aromatic rings. The van der Waals surface area contributed by atoms with Crippen LogP contribution in [0.4, 0.5) is 0 Å². The largest absolute Gasteiger partial charge is 0.429 e. The third-order valence-corrected chi connectivity index (χ3v) is 3.58. The van der Waals surface area contributed by atoms with E-state index >= 15 is 0 Å². The van der Waals surface area contributed by atoms with Crippen molar-refractivity contribution in [3.8, 4) is 10.9 Å². The second kappa shape index (κ2) is 4.51. The second-order valence-electron chi connectivity index (χ2n) is 3.63. The van der Waals surface area contributed by atoms with Gasteiger partial charge in [-0.25, -0.2) is 0 Å². The van der Waals surface area contributed by atoms with E-state index in [4.69, 9.17) is 4.74 Å². The van der Waals surface area contributed by atoms with Crippen LogP contribution in [0, 0.1) is 20.8 Å². The number of hydrogen-bond donors (Lipinski definition) is 0. The topological polar surface area (TPSA) is 35.0 Å². The van der Waals surface area contributed by atoms with Gasteiger partial charge in [0.05, 0.1) is 0 Å². The van der Waals surface area contributed by atoms with Gasteiger partial charge in [0, 0.05) is 0 Å². The molecule has 0 aliphatic carbocycles. The normalized spacial score (nSPS) is 10.5. The van der Waals surface area contributed by atoms with Crippen LogP contribution < -0.4 is 4.74 Å². The van der Waals surface area contributed by atoms with Crippen molar-refractivity contribution in [1.82, 2.24) is 10.2 Å². The molecule has 1 aromatic carbocycles. The molecule has 1 aromatic heterocycles. The lowest BCUT2D eigenvalue weighted by Gasteiger charge is -2.09. The molecule has 0 saturated carbocycles. The van der Waals surface area contributed by atoms with Crippen LogP contribution in [0.1, 0.15) is 16.7 Å². The lowest BCUT2D eigenvalue weighted by molar-refractivity contribution is 0.468. The van der Waals surface area contributed by atoms with Gasteiger partial charge >= 0.3 is 0 Å². The van der Waals surface area contributed by atoms with E-state index in [9.17, 15) is 0 Å². The standard InChI is InChI=1S/C11H11BrN2OS/c1-6-4-7(2)8(3)9(5-6)15-11-14-13-10(12)16-11/h4-5H,1-3H3. The molecule has 0 bridgehead atoms. The lowest BCUT2D eigenvalue weighted by atomic mass is 10.1. The molecule has 0 saturated heterocycles. The number of rotatable bonds is 2. The van der Waals surface area contributed by atoms with Gasteiger partial charge in [0.15, 0.2) is 3.92 Å². The van der Waals surface area contributed by atoms with Crippen molar-refractivity contribution in [3.05, 3.63) is 32.7 Å². The lowest BCUT2D eigenvalue weighted by Crippen LogP contribution is -1.91. The van der Waals surface area contributed by atoms with Crippen LogP contribution in [0.25, 0.3) is 0 Å². The SMILES string of the molecule is Cc1cc(C)c(C)c(Oc2nnc(Br)s2)c1. The van der Waals surface area contributed by atoms with E-state index in [2.05, 4.69) is 46.0 Å². The number of hydrogen-bond acceptors (Lipinski definition) is 4. The summed E-state index contributed by atoms with van der Waals surface area (Å²) in [5.41, 5.74) is 3.54. The number of aryl methyl sites for hydroxylation is 2. The summed E-state index contributed by atoms with van der Waals surface area (Å²) in [6, 6.07) is 4.15. The van der Waals surface area contributed by atoms with E-state index in [0.717, 1.165) is 15.2 Å². The Balaban J connectivity index is 2.34. The van der Waals surface area contributed by atoms with Crippen molar-refractivity contribution in [1.29, 1.82) is 0 Å². The maximum absolute atomic E-state index is 5.71. The third kappa shape index (κ3) is 2.41. The molecule has 3 nitrogen and oxygen atoms in total. The van der Waals surface area contributed by atoms with Gasteiger partial charge in [0.25, 0.3) is 5.19 Å². The molecule has 84 valence electrons. The summed E-state index contributed by atoms with van der Waals surface area (Å²) in [5.74, 6) is 0.848. The first-order chi connectivity index (χ1) is 7.56. The first-order valence-electron chi connectivity index (χ1n) is 4.81. The molecule has 2 rings (SSSR count). The van der Waals surface area contributed by atoms with Gasteiger partial charge < -0.3 is 4.74 Å². The van der Waals surface area contributed by atoms with Gasteiger partial charge in [-0.3, -0.25) is 0 Å². The van der Waals surface area contributed by atoms with Crippen molar-refractivity contribution in [2.75, 3.05) is 0 Å². The smallest absolute Gasteiger partial charge is 0.300 e. The van der Waals surface area contributed by atoms with Crippen LogP contribution in [0.2, 0.25) is 0 Å². The molecule has 5 heteroatoms. The van der Waals surface area contributed by atoms with Crippen LogP contribution in [0.15, 0.2) is 16.0 Å². The molecule has 0 unspecified atom stereocenters. The fraction of sp³-hybridized carbons (Fsp3) is 0.273. The number of aromatic nitrogens is 2. The van der Waals surface area contributed by atoms with Crippen LogP contribution >= 0.6 is 27.3 Å². The minimum Gasteiger partial charge on any atom is -0.429 e. The average molecular weight is 299 g/mol. The predicted molar refractivity (Wildman–Crippen MR) is 68.3 cm³/mol. The van der Waals surface area contributed by atoms with Crippen LogP contribution in [-0.4, -0.2) is 10.2 Å². The molecular formula is C11H11BrN2OS. The molecule has 0 radical (unpaired) electrons. The molecular weight excluding hydrogens is 288 g/mol. The summed E-state index contributed by atoms with van der Waals surface area (Å²) in [4.78, 5) is 0. The zero-order valence-corrected chi connectivity index (χ0v) is 11.6. The minimum absolute atomic E-state index is 0.556. The monoisotopic (exact) mass is 298 g/mol. The average Bonchev–Trinajstić information content (AvgIpc) is 2.60. The Bertz CT molecular complexity index is 525. The van der Waals surface area contributed by atoms with Gasteiger partial charge in [0.2, 0.25) is 0 Å². The molecule has 0 atom stereocenters. The Morgan fingerprint density at radius 2 is 1.94 bits per heavy atom. The number of ether oxygens (including phenoxy) is 1. The molecule has 0 fully saturated rings. The summed E-state index contributed by atoms with van der Waals surface area (Å²) in [6.45, 7) is 6.17. The van der Waals surface area contributed by atoms with E-state index in [1.807, 2.05) is 13.0 Å². The highest BCUT2D eigenvalue weighted by Gasteiger charge is 2.08. The van der Waals surface area contributed by atoms with Gasteiger partial charge in [0.1, 0.15) is 5.75 Å². The Kier molecular flexibility index (Phi) is 3.25. The quantitative estimate of drug-likeness (QED) is 0.840. The summed E-state index contributed by atoms with van der Waals surface area (Å²) in [7, 11) is 0. The van der Waals surface area contributed by atoms with Gasteiger partial charge in [-0.15, -0.1) is 5.10 Å². The Morgan fingerprint density at radius 3 is 2.56 bits per heavy atom. The van der Waals surface area contributed by atoms with Crippen LogP contribution in [-0.2, 0) is 0 Å². The molecule has 16 heavy (non-hydrogen) atoms. The predicted octanol–water partition coefficient (Wildman–Crippen LogP) is 4.02. The molecule has 0 amide bonds. The second-order valence-corrected chi connectivity index (χ2v) is 5.84. The minimum atomic E-state index is 0.556. The highest BCUT2D eigenvalue weighted by Crippen LogP contribution is 2.31. The molecule has 1 heterocycles. The van der Waals surface area contributed by atoms with Crippen molar-refractivity contribution in [2.45, 2.75) is 20.8 Å². The number of halogens is 1. The summed E-state index contributed by atoms with van der Waals surface area (Å²) >= 11 is 4.63. The van der Waals surface area contributed by atoms with Crippen LogP contribution in [0.3, 0.4) is 0 Å². The van der Waals surface area contributed by atoms with E-state index < -0.39 is 0 Å². The van der Waals surface area contributed by atoms with Crippen molar-refractivity contribution in [2.24, 2.45) is 0 Å². The van der Waals surface area contributed by atoms with Gasteiger partial charge in [-0.05, 0) is 70.8 Å². The highest BCUT2D eigenvalue weighted by molar-refractivity contribution is 9.11. The summed E-state index contributed by atoms with van der Waals surface area (Å²) in [5, 5.41) is 8.31.